The summed E-state index contributed by atoms with van der Waals surface area (Å²) in [5.74, 6) is -0.332. The molecule has 1 fully saturated rings. The van der Waals surface area contributed by atoms with Crippen molar-refractivity contribution in [3.8, 4) is 0 Å². The molecule has 0 amide bonds. The number of hydrogen-bond donors (Lipinski definition) is 1. The van der Waals surface area contributed by atoms with Crippen LogP contribution in [0.1, 0.15) is 52.9 Å². The first-order chi connectivity index (χ1) is 8.46. The first-order valence-corrected chi connectivity index (χ1v) is 8.93. The Labute approximate surface area is 116 Å². The van der Waals surface area contributed by atoms with E-state index in [1.165, 1.54) is 6.26 Å². The highest BCUT2D eigenvalue weighted by molar-refractivity contribution is 7.90. The van der Waals surface area contributed by atoms with E-state index in [-0.39, 0.29) is 17.6 Å². The van der Waals surface area contributed by atoms with E-state index >= 15 is 0 Å². The van der Waals surface area contributed by atoms with Crippen molar-refractivity contribution < 1.29 is 18.3 Å². The fourth-order valence-electron chi connectivity index (χ4n) is 2.99. The van der Waals surface area contributed by atoms with Gasteiger partial charge in [-0.15, -0.1) is 0 Å². The summed E-state index contributed by atoms with van der Waals surface area (Å²) < 4.78 is 22.5. The van der Waals surface area contributed by atoms with Gasteiger partial charge in [0, 0.05) is 6.26 Å². The Morgan fingerprint density at radius 3 is 2.05 bits per heavy atom. The number of aliphatic carboxylic acids is 1. The fourth-order valence-corrected chi connectivity index (χ4v) is 3.75. The van der Waals surface area contributed by atoms with Crippen LogP contribution in [0.4, 0.5) is 0 Å². The summed E-state index contributed by atoms with van der Waals surface area (Å²) in [4.78, 5) is 11.6. The van der Waals surface area contributed by atoms with Crippen LogP contribution >= 0.6 is 0 Å². The lowest BCUT2D eigenvalue weighted by Crippen LogP contribution is -2.39. The molecule has 1 aliphatic carbocycles. The molecule has 1 rings (SSSR count). The predicted molar refractivity (Wildman–Crippen MR) is 75.8 cm³/mol. The van der Waals surface area contributed by atoms with E-state index in [4.69, 9.17) is 0 Å². The molecule has 0 radical (unpaired) electrons. The standard InChI is InChI=1S/C14H26O4S/c1-13(2,3)11-5-7-14(8-6-11,12(15)16)9-10-19(4,17)18/h11H,5-10H2,1-4H3,(H,15,16). The van der Waals surface area contributed by atoms with Crippen molar-refractivity contribution in [3.05, 3.63) is 0 Å². The van der Waals surface area contributed by atoms with Gasteiger partial charge in [0.25, 0.3) is 0 Å². The zero-order valence-corrected chi connectivity index (χ0v) is 13.2. The lowest BCUT2D eigenvalue weighted by atomic mass is 9.63. The molecule has 0 saturated heterocycles. The molecule has 0 bridgehead atoms. The molecule has 0 aliphatic heterocycles. The molecule has 112 valence electrons. The molecule has 1 aliphatic rings. The summed E-state index contributed by atoms with van der Waals surface area (Å²) in [6.45, 7) is 6.55. The molecule has 4 nitrogen and oxygen atoms in total. The van der Waals surface area contributed by atoms with Crippen LogP contribution in [-0.4, -0.2) is 31.5 Å². The van der Waals surface area contributed by atoms with Crippen LogP contribution in [0.2, 0.25) is 0 Å². The lowest BCUT2D eigenvalue weighted by Gasteiger charge is -2.41. The zero-order valence-electron chi connectivity index (χ0n) is 12.4. The van der Waals surface area contributed by atoms with Crippen molar-refractivity contribution in [2.24, 2.45) is 16.7 Å². The monoisotopic (exact) mass is 290 g/mol. The Morgan fingerprint density at radius 2 is 1.74 bits per heavy atom. The average Bonchev–Trinajstić information content (AvgIpc) is 2.24. The number of carbonyl (C=O) groups is 1. The second-order valence-electron chi connectivity index (χ2n) is 7.11. The first-order valence-electron chi connectivity index (χ1n) is 6.87. The molecule has 0 aromatic heterocycles. The third-order valence-corrected chi connectivity index (χ3v) is 5.52. The minimum Gasteiger partial charge on any atom is -0.481 e. The molecule has 5 heteroatoms. The molecular formula is C14H26O4S. The van der Waals surface area contributed by atoms with Crippen molar-refractivity contribution in [1.82, 2.24) is 0 Å². The van der Waals surface area contributed by atoms with Crippen LogP contribution < -0.4 is 0 Å². The summed E-state index contributed by atoms with van der Waals surface area (Å²) in [5, 5.41) is 9.48. The van der Waals surface area contributed by atoms with E-state index in [9.17, 15) is 18.3 Å². The summed E-state index contributed by atoms with van der Waals surface area (Å²) in [7, 11) is -3.10. The Hall–Kier alpha value is -0.580. The smallest absolute Gasteiger partial charge is 0.309 e. The summed E-state index contributed by atoms with van der Waals surface area (Å²) >= 11 is 0. The van der Waals surface area contributed by atoms with E-state index in [0.717, 1.165) is 12.8 Å². The molecule has 1 N–H and O–H groups in total. The number of rotatable bonds is 4. The van der Waals surface area contributed by atoms with Crippen LogP contribution in [0.25, 0.3) is 0 Å². The Bertz CT molecular complexity index is 423. The van der Waals surface area contributed by atoms with Crippen molar-refractivity contribution in [3.63, 3.8) is 0 Å². The van der Waals surface area contributed by atoms with Crippen molar-refractivity contribution in [2.45, 2.75) is 52.9 Å². The topological polar surface area (TPSA) is 71.4 Å². The molecule has 0 aromatic carbocycles. The van der Waals surface area contributed by atoms with Crippen LogP contribution in [-0.2, 0) is 14.6 Å². The van der Waals surface area contributed by atoms with Crippen molar-refractivity contribution in [1.29, 1.82) is 0 Å². The summed E-state index contributed by atoms with van der Waals surface area (Å²) in [5.41, 5.74) is -0.633. The van der Waals surface area contributed by atoms with Gasteiger partial charge in [0.05, 0.1) is 11.2 Å². The molecule has 0 heterocycles. The maximum Gasteiger partial charge on any atom is 0.309 e. The SMILES string of the molecule is CC(C)(C)C1CCC(CCS(C)(=O)=O)(C(=O)O)CC1. The lowest BCUT2D eigenvalue weighted by molar-refractivity contribution is -0.152. The molecular weight excluding hydrogens is 264 g/mol. The second kappa shape index (κ2) is 5.43. The highest BCUT2D eigenvalue weighted by Crippen LogP contribution is 2.47. The maximum absolute atomic E-state index is 11.6. The Kier molecular flexibility index (Phi) is 4.71. The average molecular weight is 290 g/mol. The molecule has 19 heavy (non-hydrogen) atoms. The van der Waals surface area contributed by atoms with Crippen LogP contribution in [0.5, 0.6) is 0 Å². The quantitative estimate of drug-likeness (QED) is 0.864. The number of sulfone groups is 1. The van der Waals surface area contributed by atoms with Crippen LogP contribution in [0, 0.1) is 16.7 Å². The van der Waals surface area contributed by atoms with E-state index in [1.807, 2.05) is 0 Å². The van der Waals surface area contributed by atoms with Crippen LogP contribution in [0.15, 0.2) is 0 Å². The third kappa shape index (κ3) is 4.48. The third-order valence-electron chi connectivity index (χ3n) is 4.57. The van der Waals surface area contributed by atoms with Crippen molar-refractivity contribution >= 4 is 15.8 Å². The van der Waals surface area contributed by atoms with Gasteiger partial charge < -0.3 is 5.11 Å². The van der Waals surface area contributed by atoms with Gasteiger partial charge in [0.15, 0.2) is 0 Å². The van der Waals surface area contributed by atoms with E-state index < -0.39 is 21.2 Å². The fraction of sp³-hybridized carbons (Fsp3) is 0.929. The van der Waals surface area contributed by atoms with Gasteiger partial charge in [-0.3, -0.25) is 4.79 Å². The van der Waals surface area contributed by atoms with Gasteiger partial charge in [0.1, 0.15) is 9.84 Å². The Balaban J connectivity index is 2.75. The largest absolute Gasteiger partial charge is 0.481 e. The summed E-state index contributed by atoms with van der Waals surface area (Å²) in [6.07, 6.45) is 4.36. The van der Waals surface area contributed by atoms with E-state index in [1.54, 1.807) is 0 Å². The maximum atomic E-state index is 11.6. The van der Waals surface area contributed by atoms with Crippen LogP contribution in [0.3, 0.4) is 0 Å². The minimum absolute atomic E-state index is 0.0283. The number of carboxylic acids is 1. The highest BCUT2D eigenvalue weighted by Gasteiger charge is 2.44. The predicted octanol–water partition coefficient (Wildman–Crippen LogP) is 2.73. The zero-order chi connectivity index (χ0) is 14.9. The molecule has 0 aromatic rings. The van der Waals surface area contributed by atoms with Gasteiger partial charge in [0.2, 0.25) is 0 Å². The van der Waals surface area contributed by atoms with Gasteiger partial charge in [-0.2, -0.15) is 0 Å². The van der Waals surface area contributed by atoms with Gasteiger partial charge >= 0.3 is 5.97 Å². The first kappa shape index (κ1) is 16.5. The number of hydrogen-bond acceptors (Lipinski definition) is 3. The summed E-state index contributed by atoms with van der Waals surface area (Å²) in [6, 6.07) is 0. The van der Waals surface area contributed by atoms with Gasteiger partial charge in [-0.1, -0.05) is 20.8 Å². The molecule has 1 saturated carbocycles. The molecule has 0 unspecified atom stereocenters. The molecule has 0 atom stereocenters. The number of carboxylic acid groups (broad SMARTS) is 1. The normalized spacial score (nSPS) is 29.2. The minimum atomic E-state index is -3.10. The van der Waals surface area contributed by atoms with E-state index in [0.29, 0.717) is 18.8 Å². The second-order valence-corrected chi connectivity index (χ2v) is 9.37. The van der Waals surface area contributed by atoms with Gasteiger partial charge in [-0.05, 0) is 43.4 Å². The van der Waals surface area contributed by atoms with Gasteiger partial charge in [-0.25, -0.2) is 8.42 Å². The Morgan fingerprint density at radius 1 is 1.26 bits per heavy atom. The molecule has 0 spiro atoms. The van der Waals surface area contributed by atoms with Crippen molar-refractivity contribution in [2.75, 3.05) is 12.0 Å². The highest BCUT2D eigenvalue weighted by atomic mass is 32.2. The van der Waals surface area contributed by atoms with E-state index in [2.05, 4.69) is 20.8 Å².